The van der Waals surface area contributed by atoms with Crippen LogP contribution < -0.4 is 5.32 Å². The summed E-state index contributed by atoms with van der Waals surface area (Å²) in [5.74, 6) is -0.951. The van der Waals surface area contributed by atoms with Crippen molar-refractivity contribution in [2.75, 3.05) is 5.32 Å². The van der Waals surface area contributed by atoms with Crippen LogP contribution in [0.3, 0.4) is 0 Å². The lowest BCUT2D eigenvalue weighted by atomic mass is 10.0. The minimum atomic E-state index is -0.951. The molecule has 0 saturated carbocycles. The number of nitrogens with zero attached hydrogens (tertiary/aromatic N) is 2. The summed E-state index contributed by atoms with van der Waals surface area (Å²) in [6.07, 6.45) is 2.40. The van der Waals surface area contributed by atoms with E-state index in [-0.39, 0.29) is 0 Å². The number of anilines is 1. The SMILES string of the molecule is CC(Nc1ccc(-c2ccnn2C)c(C=O)c1)C(=O)O. The first-order valence-electron chi connectivity index (χ1n) is 6.10. The van der Waals surface area contributed by atoms with E-state index in [0.29, 0.717) is 11.3 Å². The second kappa shape index (κ2) is 5.56. The number of aldehydes is 1. The van der Waals surface area contributed by atoms with Crippen LogP contribution in [0.4, 0.5) is 5.69 Å². The molecule has 1 aromatic carbocycles. The number of hydrogen-bond donors (Lipinski definition) is 2. The lowest BCUT2D eigenvalue weighted by Gasteiger charge is -2.13. The predicted molar refractivity (Wildman–Crippen MR) is 74.8 cm³/mol. The highest BCUT2D eigenvalue weighted by Gasteiger charge is 2.13. The smallest absolute Gasteiger partial charge is 0.325 e. The lowest BCUT2D eigenvalue weighted by molar-refractivity contribution is -0.137. The van der Waals surface area contributed by atoms with Crippen molar-refractivity contribution in [1.82, 2.24) is 9.78 Å². The normalized spacial score (nSPS) is 11.9. The van der Waals surface area contributed by atoms with Gasteiger partial charge in [0.25, 0.3) is 0 Å². The van der Waals surface area contributed by atoms with E-state index in [9.17, 15) is 9.59 Å². The fourth-order valence-electron chi connectivity index (χ4n) is 1.93. The van der Waals surface area contributed by atoms with Crippen LogP contribution in [0, 0.1) is 0 Å². The Balaban J connectivity index is 2.36. The second-order valence-electron chi connectivity index (χ2n) is 4.46. The monoisotopic (exact) mass is 273 g/mol. The molecule has 6 heteroatoms. The van der Waals surface area contributed by atoms with Gasteiger partial charge in [0.1, 0.15) is 6.04 Å². The van der Waals surface area contributed by atoms with Gasteiger partial charge in [-0.3, -0.25) is 14.3 Å². The molecule has 1 atom stereocenters. The van der Waals surface area contributed by atoms with E-state index in [1.54, 1.807) is 36.1 Å². The van der Waals surface area contributed by atoms with Crippen molar-refractivity contribution < 1.29 is 14.7 Å². The topological polar surface area (TPSA) is 84.2 Å². The van der Waals surface area contributed by atoms with E-state index in [1.807, 2.05) is 6.07 Å². The molecule has 0 spiro atoms. The number of rotatable bonds is 5. The summed E-state index contributed by atoms with van der Waals surface area (Å²) in [4.78, 5) is 22.0. The Morgan fingerprint density at radius 2 is 2.20 bits per heavy atom. The summed E-state index contributed by atoms with van der Waals surface area (Å²) in [7, 11) is 1.79. The Morgan fingerprint density at radius 1 is 1.45 bits per heavy atom. The second-order valence-corrected chi connectivity index (χ2v) is 4.46. The van der Waals surface area contributed by atoms with Gasteiger partial charge in [-0.1, -0.05) is 6.07 Å². The summed E-state index contributed by atoms with van der Waals surface area (Å²) in [5.41, 5.74) is 2.66. The molecule has 0 saturated heterocycles. The zero-order chi connectivity index (χ0) is 14.7. The number of carbonyl (C=O) groups excluding carboxylic acids is 1. The first-order valence-corrected chi connectivity index (χ1v) is 6.10. The molecule has 0 aliphatic carbocycles. The van der Waals surface area contributed by atoms with Crippen LogP contribution in [0.25, 0.3) is 11.3 Å². The van der Waals surface area contributed by atoms with Gasteiger partial charge in [0.15, 0.2) is 6.29 Å². The molecule has 0 aliphatic rings. The molecular weight excluding hydrogens is 258 g/mol. The van der Waals surface area contributed by atoms with E-state index < -0.39 is 12.0 Å². The Labute approximate surface area is 116 Å². The lowest BCUT2D eigenvalue weighted by Crippen LogP contribution is -2.25. The number of benzene rings is 1. The van der Waals surface area contributed by atoms with Gasteiger partial charge in [0.2, 0.25) is 0 Å². The number of aliphatic carboxylic acids is 1. The van der Waals surface area contributed by atoms with Crippen LogP contribution >= 0.6 is 0 Å². The molecule has 2 N–H and O–H groups in total. The van der Waals surface area contributed by atoms with Gasteiger partial charge in [0, 0.05) is 30.1 Å². The summed E-state index contributed by atoms with van der Waals surface area (Å²) >= 11 is 0. The molecule has 0 bridgehead atoms. The van der Waals surface area contributed by atoms with Crippen LogP contribution in [0.5, 0.6) is 0 Å². The number of carboxylic acid groups (broad SMARTS) is 1. The number of aryl methyl sites for hydroxylation is 1. The molecule has 1 heterocycles. The first-order chi connectivity index (χ1) is 9.52. The maximum atomic E-state index is 11.2. The summed E-state index contributed by atoms with van der Waals surface area (Å²) in [6, 6.07) is 6.24. The number of carbonyl (C=O) groups is 2. The Kier molecular flexibility index (Phi) is 3.84. The Bertz CT molecular complexity index is 649. The van der Waals surface area contributed by atoms with Crippen molar-refractivity contribution in [2.45, 2.75) is 13.0 Å². The van der Waals surface area contributed by atoms with Gasteiger partial charge < -0.3 is 10.4 Å². The van der Waals surface area contributed by atoms with E-state index >= 15 is 0 Å². The third-order valence-electron chi connectivity index (χ3n) is 3.03. The average Bonchev–Trinajstić information content (AvgIpc) is 2.84. The molecule has 0 amide bonds. The van der Waals surface area contributed by atoms with E-state index in [4.69, 9.17) is 5.11 Å². The third kappa shape index (κ3) is 2.69. The van der Waals surface area contributed by atoms with Crippen LogP contribution in [0.15, 0.2) is 30.5 Å². The summed E-state index contributed by atoms with van der Waals surface area (Å²) < 4.78 is 1.68. The molecule has 2 aromatic rings. The molecule has 0 fully saturated rings. The van der Waals surface area contributed by atoms with Crippen molar-refractivity contribution in [3.05, 3.63) is 36.0 Å². The van der Waals surface area contributed by atoms with Gasteiger partial charge in [-0.25, -0.2) is 0 Å². The fourth-order valence-corrected chi connectivity index (χ4v) is 1.93. The fraction of sp³-hybridized carbons (Fsp3) is 0.214. The summed E-state index contributed by atoms with van der Waals surface area (Å²) in [6.45, 7) is 1.54. The van der Waals surface area contributed by atoms with Crippen LogP contribution in [0.1, 0.15) is 17.3 Å². The van der Waals surface area contributed by atoms with Crippen molar-refractivity contribution in [1.29, 1.82) is 0 Å². The highest BCUT2D eigenvalue weighted by molar-refractivity contribution is 5.89. The number of aromatic nitrogens is 2. The third-order valence-corrected chi connectivity index (χ3v) is 3.03. The summed E-state index contributed by atoms with van der Waals surface area (Å²) in [5, 5.41) is 15.8. The van der Waals surface area contributed by atoms with Crippen molar-refractivity contribution in [3.63, 3.8) is 0 Å². The minimum absolute atomic E-state index is 0.483. The van der Waals surface area contributed by atoms with Crippen LogP contribution in [-0.2, 0) is 11.8 Å². The van der Waals surface area contributed by atoms with Gasteiger partial charge in [-0.05, 0) is 25.1 Å². The standard InChI is InChI=1S/C14H15N3O3/c1-9(14(19)20)16-11-3-4-12(10(7-11)8-18)13-5-6-15-17(13)2/h3-9,16H,1-2H3,(H,19,20). The largest absolute Gasteiger partial charge is 0.480 e. The van der Waals surface area contributed by atoms with Crippen LogP contribution in [0.2, 0.25) is 0 Å². The molecule has 0 radical (unpaired) electrons. The Hall–Kier alpha value is -2.63. The predicted octanol–water partition coefficient (Wildman–Crippen LogP) is 1.78. The number of hydrogen-bond acceptors (Lipinski definition) is 4. The number of carboxylic acids is 1. The van der Waals surface area contributed by atoms with Crippen molar-refractivity contribution in [2.24, 2.45) is 7.05 Å². The molecule has 20 heavy (non-hydrogen) atoms. The average molecular weight is 273 g/mol. The Morgan fingerprint density at radius 3 is 2.75 bits per heavy atom. The van der Waals surface area contributed by atoms with Crippen LogP contribution in [-0.4, -0.2) is 33.2 Å². The molecule has 1 unspecified atom stereocenters. The number of nitrogens with one attached hydrogen (secondary N) is 1. The molecule has 2 rings (SSSR count). The highest BCUT2D eigenvalue weighted by atomic mass is 16.4. The van der Waals surface area contributed by atoms with E-state index in [2.05, 4.69) is 10.4 Å². The van der Waals surface area contributed by atoms with Gasteiger partial charge in [-0.15, -0.1) is 0 Å². The highest BCUT2D eigenvalue weighted by Crippen LogP contribution is 2.25. The zero-order valence-electron chi connectivity index (χ0n) is 11.2. The molecule has 6 nitrogen and oxygen atoms in total. The van der Waals surface area contributed by atoms with Crippen molar-refractivity contribution >= 4 is 17.9 Å². The maximum Gasteiger partial charge on any atom is 0.325 e. The molecule has 0 aliphatic heterocycles. The molecule has 1 aromatic heterocycles. The minimum Gasteiger partial charge on any atom is -0.480 e. The van der Waals surface area contributed by atoms with Gasteiger partial charge >= 0.3 is 5.97 Å². The van der Waals surface area contributed by atoms with E-state index in [0.717, 1.165) is 17.5 Å². The van der Waals surface area contributed by atoms with Crippen molar-refractivity contribution in [3.8, 4) is 11.3 Å². The van der Waals surface area contributed by atoms with E-state index in [1.165, 1.54) is 6.92 Å². The van der Waals surface area contributed by atoms with Gasteiger partial charge in [-0.2, -0.15) is 5.10 Å². The first kappa shape index (κ1) is 13.8. The quantitative estimate of drug-likeness (QED) is 0.811. The maximum absolute atomic E-state index is 11.2. The zero-order valence-corrected chi connectivity index (χ0v) is 11.2. The molecule has 104 valence electrons. The molecular formula is C14H15N3O3. The van der Waals surface area contributed by atoms with Gasteiger partial charge in [0.05, 0.1) is 5.69 Å².